The van der Waals surface area contributed by atoms with E-state index in [1.54, 1.807) is 6.07 Å². The molecule has 0 bridgehead atoms. The van der Waals surface area contributed by atoms with Gasteiger partial charge in [0.15, 0.2) is 5.82 Å². The van der Waals surface area contributed by atoms with Crippen LogP contribution in [0.15, 0.2) is 39.8 Å². The third-order valence-electron chi connectivity index (χ3n) is 2.27. The zero-order valence-electron chi connectivity index (χ0n) is 9.77. The van der Waals surface area contributed by atoms with Crippen LogP contribution in [0, 0.1) is 5.82 Å². The molecule has 0 saturated carbocycles. The van der Waals surface area contributed by atoms with Crippen molar-refractivity contribution in [3.8, 4) is 0 Å². The van der Waals surface area contributed by atoms with Crippen LogP contribution in [0.4, 0.5) is 15.9 Å². The second-order valence-electron chi connectivity index (χ2n) is 3.78. The molecule has 2 aromatic rings. The van der Waals surface area contributed by atoms with Gasteiger partial charge in [0.25, 0.3) is 10.0 Å². The molecule has 0 spiro atoms. The third kappa shape index (κ3) is 3.20. The molecule has 3 N–H and O–H groups in total. The third-order valence-corrected chi connectivity index (χ3v) is 4.37. The molecule has 20 heavy (non-hydrogen) atoms. The molecule has 1 aromatic carbocycles. The van der Waals surface area contributed by atoms with Crippen LogP contribution in [0.3, 0.4) is 0 Å². The van der Waals surface area contributed by atoms with Crippen molar-refractivity contribution in [3.63, 3.8) is 0 Å². The van der Waals surface area contributed by atoms with Crippen molar-refractivity contribution in [3.05, 3.63) is 45.8 Å². The highest BCUT2D eigenvalue weighted by Gasteiger charge is 2.22. The van der Waals surface area contributed by atoms with Crippen molar-refractivity contribution in [2.45, 2.75) is 4.90 Å². The molecule has 106 valence electrons. The standard InChI is InChI=1S/C11H8BrClFN3O2S/c12-6-1-2-10(16-5-6)17-20(18,19)9-4-7(15)3-8(13)11(9)14/h1-5H,15H2,(H,16,17). The van der Waals surface area contributed by atoms with Crippen LogP contribution >= 0.6 is 27.5 Å². The molecule has 2 rings (SSSR count). The molecule has 9 heteroatoms. The molecule has 0 atom stereocenters. The maximum atomic E-state index is 13.8. The van der Waals surface area contributed by atoms with E-state index < -0.39 is 20.7 Å². The summed E-state index contributed by atoms with van der Waals surface area (Å²) in [6.07, 6.45) is 1.40. The lowest BCUT2D eigenvalue weighted by molar-refractivity contribution is 0.570. The number of nitrogens with zero attached hydrogens (tertiary/aromatic N) is 1. The van der Waals surface area contributed by atoms with Crippen LogP contribution in [0.1, 0.15) is 0 Å². The average molecular weight is 381 g/mol. The molecule has 5 nitrogen and oxygen atoms in total. The van der Waals surface area contributed by atoms with Crippen molar-refractivity contribution < 1.29 is 12.8 Å². The second kappa shape index (κ2) is 5.55. The van der Waals surface area contributed by atoms with Crippen LogP contribution < -0.4 is 10.5 Å². The number of hydrogen-bond donors (Lipinski definition) is 2. The SMILES string of the molecule is Nc1cc(Cl)c(F)c(S(=O)(=O)Nc2ccc(Br)cn2)c1. The Balaban J connectivity index is 2.43. The van der Waals surface area contributed by atoms with Gasteiger partial charge in [-0.05, 0) is 40.2 Å². The number of pyridine rings is 1. The summed E-state index contributed by atoms with van der Waals surface area (Å²) in [6.45, 7) is 0. The van der Waals surface area contributed by atoms with Crippen molar-refractivity contribution >= 4 is 49.1 Å². The number of hydrogen-bond acceptors (Lipinski definition) is 4. The number of halogens is 3. The van der Waals surface area contributed by atoms with E-state index >= 15 is 0 Å². The van der Waals surface area contributed by atoms with E-state index in [-0.39, 0.29) is 16.5 Å². The molecular formula is C11H8BrClFN3O2S. The molecule has 0 saturated heterocycles. The number of benzene rings is 1. The van der Waals surface area contributed by atoms with Gasteiger partial charge in [-0.1, -0.05) is 11.6 Å². The van der Waals surface area contributed by atoms with Crippen molar-refractivity contribution in [2.24, 2.45) is 0 Å². The highest BCUT2D eigenvalue weighted by atomic mass is 79.9. The lowest BCUT2D eigenvalue weighted by Gasteiger charge is -2.09. The molecule has 0 radical (unpaired) electrons. The number of anilines is 2. The summed E-state index contributed by atoms with van der Waals surface area (Å²) in [6, 6.07) is 5.14. The monoisotopic (exact) mass is 379 g/mol. The minimum absolute atomic E-state index is 0.0422. The number of rotatable bonds is 3. The van der Waals surface area contributed by atoms with E-state index in [2.05, 4.69) is 25.6 Å². The number of nitrogens with one attached hydrogen (secondary N) is 1. The first-order valence-electron chi connectivity index (χ1n) is 5.18. The Morgan fingerprint density at radius 2 is 2.05 bits per heavy atom. The van der Waals surface area contributed by atoms with Gasteiger partial charge in [0, 0.05) is 16.4 Å². The molecule has 0 unspecified atom stereocenters. The van der Waals surface area contributed by atoms with E-state index in [0.29, 0.717) is 4.47 Å². The van der Waals surface area contributed by atoms with Gasteiger partial charge in [0.1, 0.15) is 10.7 Å². The highest BCUT2D eigenvalue weighted by molar-refractivity contribution is 9.10. The molecule has 0 fully saturated rings. The molecule has 0 aliphatic heterocycles. The van der Waals surface area contributed by atoms with Crippen LogP contribution in [0.2, 0.25) is 5.02 Å². The van der Waals surface area contributed by atoms with Gasteiger partial charge in [-0.25, -0.2) is 17.8 Å². The van der Waals surface area contributed by atoms with E-state index in [9.17, 15) is 12.8 Å². The van der Waals surface area contributed by atoms with Crippen LogP contribution in [-0.4, -0.2) is 13.4 Å². The van der Waals surface area contributed by atoms with Gasteiger partial charge in [0.05, 0.1) is 5.02 Å². The number of nitrogens with two attached hydrogens (primary N) is 1. The van der Waals surface area contributed by atoms with Gasteiger partial charge in [0.2, 0.25) is 0 Å². The largest absolute Gasteiger partial charge is 0.399 e. The summed E-state index contributed by atoms with van der Waals surface area (Å²) < 4.78 is 40.8. The average Bonchev–Trinajstić information content (AvgIpc) is 2.36. The van der Waals surface area contributed by atoms with Gasteiger partial charge >= 0.3 is 0 Å². The lowest BCUT2D eigenvalue weighted by atomic mass is 10.3. The van der Waals surface area contributed by atoms with Gasteiger partial charge in [-0.2, -0.15) is 0 Å². The fourth-order valence-corrected chi connectivity index (χ4v) is 3.07. The van der Waals surface area contributed by atoms with Crippen molar-refractivity contribution in [1.29, 1.82) is 0 Å². The van der Waals surface area contributed by atoms with Crippen molar-refractivity contribution in [1.82, 2.24) is 4.98 Å². The minimum Gasteiger partial charge on any atom is -0.399 e. The van der Waals surface area contributed by atoms with Gasteiger partial charge in [-0.3, -0.25) is 4.72 Å². The van der Waals surface area contributed by atoms with Crippen molar-refractivity contribution in [2.75, 3.05) is 10.5 Å². The highest BCUT2D eigenvalue weighted by Crippen LogP contribution is 2.27. The van der Waals surface area contributed by atoms with E-state index in [1.165, 1.54) is 12.3 Å². The number of sulfonamides is 1. The molecular weight excluding hydrogens is 373 g/mol. The number of nitrogen functional groups attached to an aromatic ring is 1. The molecule has 0 amide bonds. The fourth-order valence-electron chi connectivity index (χ4n) is 1.41. The normalized spacial score (nSPS) is 11.3. The van der Waals surface area contributed by atoms with Crippen LogP contribution in [-0.2, 0) is 10.0 Å². The summed E-state index contributed by atoms with van der Waals surface area (Å²) >= 11 is 8.75. The van der Waals surface area contributed by atoms with Crippen LogP contribution in [0.5, 0.6) is 0 Å². The predicted molar refractivity (Wildman–Crippen MR) is 78.6 cm³/mol. The molecule has 1 aromatic heterocycles. The van der Waals surface area contributed by atoms with E-state index in [4.69, 9.17) is 17.3 Å². The summed E-state index contributed by atoms with van der Waals surface area (Å²) in [5.41, 5.74) is 5.52. The molecule has 0 aliphatic rings. The summed E-state index contributed by atoms with van der Waals surface area (Å²) in [7, 11) is -4.17. The Morgan fingerprint density at radius 1 is 1.35 bits per heavy atom. The smallest absolute Gasteiger partial charge is 0.266 e. The number of aromatic nitrogens is 1. The maximum Gasteiger partial charge on any atom is 0.266 e. The maximum absolute atomic E-state index is 13.8. The van der Waals surface area contributed by atoms with Gasteiger partial charge < -0.3 is 5.73 Å². The zero-order valence-corrected chi connectivity index (χ0v) is 12.9. The minimum atomic E-state index is -4.17. The van der Waals surface area contributed by atoms with Crippen LogP contribution in [0.25, 0.3) is 0 Å². The Hall–Kier alpha value is -1.38. The summed E-state index contributed by atoms with van der Waals surface area (Å²) in [4.78, 5) is 3.21. The Labute approximate surface area is 128 Å². The summed E-state index contributed by atoms with van der Waals surface area (Å²) in [5.74, 6) is -1.02. The first-order valence-corrected chi connectivity index (χ1v) is 7.84. The van der Waals surface area contributed by atoms with Gasteiger partial charge in [-0.15, -0.1) is 0 Å². The lowest BCUT2D eigenvalue weighted by Crippen LogP contribution is -2.16. The Morgan fingerprint density at radius 3 is 2.65 bits per heavy atom. The predicted octanol–water partition coefficient (Wildman–Crippen LogP) is 3.02. The van der Waals surface area contributed by atoms with E-state index in [0.717, 1.165) is 12.1 Å². The Bertz CT molecular complexity index is 753. The quantitative estimate of drug-likeness (QED) is 0.802. The second-order valence-corrected chi connectivity index (χ2v) is 6.76. The molecule has 1 heterocycles. The van der Waals surface area contributed by atoms with E-state index in [1.807, 2.05) is 0 Å². The molecule has 0 aliphatic carbocycles. The topological polar surface area (TPSA) is 85.1 Å². The Kier molecular flexibility index (Phi) is 4.17. The first kappa shape index (κ1) is 15.0. The zero-order chi connectivity index (χ0) is 14.9. The summed E-state index contributed by atoms with van der Waals surface area (Å²) in [5, 5.41) is -0.367. The fraction of sp³-hybridized carbons (Fsp3) is 0. The first-order chi connectivity index (χ1) is 9.29.